The largest absolute Gasteiger partial charge is 0.339 e. The molecule has 2 aromatic heterocycles. The standard InChI is InChI=1S/C26H25N5OS/c1-2-25(32)28-19-10-12-21(13-11-19)33-26-15-20(14-22(29-26)17-6-4-3-5-7-17)27-24-16-23(30-31-24)18-8-9-18/h3-7,10-16,18H,2,8-9H2,1H3,(H,28,32)(H2,27,29,30,31). The summed E-state index contributed by atoms with van der Waals surface area (Å²) in [7, 11) is 0. The number of rotatable bonds is 8. The minimum absolute atomic E-state index is 0.00607. The minimum Gasteiger partial charge on any atom is -0.339 e. The maximum absolute atomic E-state index is 11.6. The Bertz CT molecular complexity index is 1250. The van der Waals surface area contributed by atoms with Gasteiger partial charge in [0, 0.05) is 45.9 Å². The van der Waals surface area contributed by atoms with Crippen molar-refractivity contribution in [3.63, 3.8) is 0 Å². The highest BCUT2D eigenvalue weighted by molar-refractivity contribution is 7.99. The molecule has 0 radical (unpaired) electrons. The van der Waals surface area contributed by atoms with Crippen molar-refractivity contribution in [2.45, 2.75) is 42.0 Å². The molecule has 1 aliphatic rings. The fraction of sp³-hybridized carbons (Fsp3) is 0.192. The third-order valence-corrected chi connectivity index (χ3v) is 6.37. The Morgan fingerprint density at radius 1 is 1.03 bits per heavy atom. The Kier molecular flexibility index (Phi) is 6.13. The normalized spacial score (nSPS) is 13.0. The molecule has 1 fully saturated rings. The fourth-order valence-electron chi connectivity index (χ4n) is 3.51. The molecule has 0 bridgehead atoms. The van der Waals surface area contributed by atoms with Crippen molar-refractivity contribution in [2.24, 2.45) is 0 Å². The van der Waals surface area contributed by atoms with E-state index in [1.165, 1.54) is 18.5 Å². The van der Waals surface area contributed by atoms with Crippen LogP contribution in [0.2, 0.25) is 0 Å². The van der Waals surface area contributed by atoms with E-state index in [0.717, 1.165) is 38.4 Å². The van der Waals surface area contributed by atoms with Gasteiger partial charge in [-0.2, -0.15) is 5.10 Å². The minimum atomic E-state index is 0.00607. The van der Waals surface area contributed by atoms with Gasteiger partial charge in [0.15, 0.2) is 5.82 Å². The molecule has 0 unspecified atom stereocenters. The van der Waals surface area contributed by atoms with E-state index in [1.54, 1.807) is 11.8 Å². The molecule has 0 saturated heterocycles. The first-order chi connectivity index (χ1) is 16.2. The molecular weight excluding hydrogens is 430 g/mol. The predicted molar refractivity (Wildman–Crippen MR) is 133 cm³/mol. The number of anilines is 3. The average Bonchev–Trinajstić information content (AvgIpc) is 3.59. The second-order valence-corrected chi connectivity index (χ2v) is 9.18. The van der Waals surface area contributed by atoms with Gasteiger partial charge >= 0.3 is 0 Å². The molecule has 0 atom stereocenters. The van der Waals surface area contributed by atoms with Crippen molar-refractivity contribution in [2.75, 3.05) is 10.6 Å². The Labute approximate surface area is 197 Å². The first-order valence-corrected chi connectivity index (χ1v) is 12.0. The van der Waals surface area contributed by atoms with Crippen molar-refractivity contribution in [1.29, 1.82) is 0 Å². The lowest BCUT2D eigenvalue weighted by Gasteiger charge is -2.10. The van der Waals surface area contributed by atoms with Gasteiger partial charge in [-0.3, -0.25) is 9.89 Å². The van der Waals surface area contributed by atoms with E-state index in [4.69, 9.17) is 4.98 Å². The molecule has 0 spiro atoms. The number of pyridine rings is 1. The highest BCUT2D eigenvalue weighted by Gasteiger charge is 2.25. The number of hydrogen-bond acceptors (Lipinski definition) is 5. The van der Waals surface area contributed by atoms with E-state index in [1.807, 2.05) is 61.5 Å². The molecule has 6 nitrogen and oxygen atoms in total. The third-order valence-electron chi connectivity index (χ3n) is 5.44. The van der Waals surface area contributed by atoms with Gasteiger partial charge in [-0.25, -0.2) is 4.98 Å². The summed E-state index contributed by atoms with van der Waals surface area (Å²) in [6, 6.07) is 24.2. The van der Waals surface area contributed by atoms with Crippen LogP contribution in [-0.2, 0) is 4.79 Å². The van der Waals surface area contributed by atoms with Crippen molar-refractivity contribution in [3.8, 4) is 11.3 Å². The summed E-state index contributed by atoms with van der Waals surface area (Å²) >= 11 is 1.58. The van der Waals surface area contributed by atoms with E-state index < -0.39 is 0 Å². The summed E-state index contributed by atoms with van der Waals surface area (Å²) in [4.78, 5) is 17.6. The Morgan fingerprint density at radius 3 is 2.55 bits per heavy atom. The number of hydrogen-bond donors (Lipinski definition) is 3. The van der Waals surface area contributed by atoms with Crippen LogP contribution in [0, 0.1) is 0 Å². The van der Waals surface area contributed by atoms with E-state index in [0.29, 0.717) is 12.3 Å². The van der Waals surface area contributed by atoms with E-state index >= 15 is 0 Å². The zero-order chi connectivity index (χ0) is 22.6. The van der Waals surface area contributed by atoms with Gasteiger partial charge in [-0.1, -0.05) is 49.0 Å². The van der Waals surface area contributed by atoms with Crippen LogP contribution in [0.1, 0.15) is 37.8 Å². The molecule has 4 aromatic rings. The highest BCUT2D eigenvalue weighted by Crippen LogP contribution is 2.40. The molecule has 7 heteroatoms. The van der Waals surface area contributed by atoms with Gasteiger partial charge < -0.3 is 10.6 Å². The molecule has 1 aliphatic carbocycles. The Hall–Kier alpha value is -3.58. The van der Waals surface area contributed by atoms with Gasteiger partial charge in [0.05, 0.1) is 5.69 Å². The maximum Gasteiger partial charge on any atom is 0.224 e. The molecule has 1 saturated carbocycles. The van der Waals surface area contributed by atoms with E-state index in [-0.39, 0.29) is 5.91 Å². The van der Waals surface area contributed by atoms with Gasteiger partial charge in [-0.15, -0.1) is 0 Å². The van der Waals surface area contributed by atoms with Crippen LogP contribution in [0.25, 0.3) is 11.3 Å². The SMILES string of the molecule is CCC(=O)Nc1ccc(Sc2cc(Nc3cc(C4CC4)[nH]n3)cc(-c3ccccc3)n2)cc1. The highest BCUT2D eigenvalue weighted by atomic mass is 32.2. The van der Waals surface area contributed by atoms with Crippen molar-refractivity contribution >= 4 is 34.9 Å². The second-order valence-electron chi connectivity index (χ2n) is 8.08. The van der Waals surface area contributed by atoms with Gasteiger partial charge in [0.2, 0.25) is 5.91 Å². The molecule has 166 valence electrons. The summed E-state index contributed by atoms with van der Waals surface area (Å²) in [6.07, 6.45) is 2.92. The lowest BCUT2D eigenvalue weighted by atomic mass is 10.1. The zero-order valence-electron chi connectivity index (χ0n) is 18.3. The molecule has 2 aromatic carbocycles. The van der Waals surface area contributed by atoms with Crippen molar-refractivity contribution in [1.82, 2.24) is 15.2 Å². The van der Waals surface area contributed by atoms with Crippen LogP contribution in [0.15, 0.2) is 82.7 Å². The second kappa shape index (κ2) is 9.50. The molecule has 0 aliphatic heterocycles. The summed E-state index contributed by atoms with van der Waals surface area (Å²) in [6.45, 7) is 1.84. The lowest BCUT2D eigenvalue weighted by molar-refractivity contribution is -0.115. The number of benzene rings is 2. The molecule has 1 amide bonds. The topological polar surface area (TPSA) is 82.7 Å². The Morgan fingerprint density at radius 2 is 1.82 bits per heavy atom. The van der Waals surface area contributed by atoms with Gasteiger partial charge in [0.1, 0.15) is 5.03 Å². The van der Waals surface area contributed by atoms with E-state index in [2.05, 4.69) is 39.0 Å². The molecular formula is C26H25N5OS. The maximum atomic E-state index is 11.6. The number of aromatic amines is 1. The number of carbonyl (C=O) groups excluding carboxylic acids is 1. The van der Waals surface area contributed by atoms with Crippen molar-refractivity contribution in [3.05, 3.63) is 78.5 Å². The predicted octanol–water partition coefficient (Wildman–Crippen LogP) is 6.59. The van der Waals surface area contributed by atoms with Gasteiger partial charge in [0.25, 0.3) is 0 Å². The van der Waals surface area contributed by atoms with Crippen LogP contribution < -0.4 is 10.6 Å². The summed E-state index contributed by atoms with van der Waals surface area (Å²) in [5.41, 5.74) is 4.88. The van der Waals surface area contributed by atoms with E-state index in [9.17, 15) is 4.79 Å². The van der Waals surface area contributed by atoms with Crippen LogP contribution in [0.3, 0.4) is 0 Å². The number of amides is 1. The molecule has 2 heterocycles. The quantitative estimate of drug-likeness (QED) is 0.279. The first kappa shape index (κ1) is 21.3. The first-order valence-electron chi connectivity index (χ1n) is 11.1. The molecule has 5 rings (SSSR count). The van der Waals surface area contributed by atoms with Crippen LogP contribution >= 0.6 is 11.8 Å². The van der Waals surface area contributed by atoms with Crippen LogP contribution in [0.4, 0.5) is 17.2 Å². The van der Waals surface area contributed by atoms with Crippen LogP contribution in [-0.4, -0.2) is 21.1 Å². The molecule has 3 N–H and O–H groups in total. The monoisotopic (exact) mass is 455 g/mol. The Balaban J connectivity index is 1.40. The summed E-state index contributed by atoms with van der Waals surface area (Å²) in [5.74, 6) is 1.45. The summed E-state index contributed by atoms with van der Waals surface area (Å²) in [5, 5.41) is 14.8. The van der Waals surface area contributed by atoms with Crippen molar-refractivity contribution < 1.29 is 4.79 Å². The molecule has 33 heavy (non-hydrogen) atoms. The zero-order valence-corrected chi connectivity index (χ0v) is 19.2. The average molecular weight is 456 g/mol. The smallest absolute Gasteiger partial charge is 0.224 e. The fourth-order valence-corrected chi connectivity index (χ4v) is 4.36. The summed E-state index contributed by atoms with van der Waals surface area (Å²) < 4.78 is 0. The number of carbonyl (C=O) groups is 1. The number of nitrogens with one attached hydrogen (secondary N) is 3. The number of nitrogens with zero attached hydrogens (tertiary/aromatic N) is 2. The van der Waals surface area contributed by atoms with Gasteiger partial charge in [-0.05, 0) is 49.2 Å². The lowest BCUT2D eigenvalue weighted by Crippen LogP contribution is -2.08. The number of aromatic nitrogens is 3. The van der Waals surface area contributed by atoms with Crippen LogP contribution in [0.5, 0.6) is 0 Å². The number of H-pyrrole nitrogens is 1. The third kappa shape index (κ3) is 5.43.